The van der Waals surface area contributed by atoms with Crippen molar-refractivity contribution >= 4 is 11.3 Å². The molecule has 0 radical (unpaired) electrons. The highest BCUT2D eigenvalue weighted by atomic mass is 32.1. The molecule has 120 valence electrons. The van der Waals surface area contributed by atoms with Crippen LogP contribution in [0.25, 0.3) is 22.2 Å². The monoisotopic (exact) mass is 340 g/mol. The van der Waals surface area contributed by atoms with Gasteiger partial charge >= 0.3 is 5.76 Å². The summed E-state index contributed by atoms with van der Waals surface area (Å²) in [5.74, 6) is 0.487. The van der Waals surface area contributed by atoms with E-state index >= 15 is 0 Å². The summed E-state index contributed by atoms with van der Waals surface area (Å²) in [6, 6.07) is 11.5. The van der Waals surface area contributed by atoms with E-state index in [1.165, 1.54) is 16.0 Å². The summed E-state index contributed by atoms with van der Waals surface area (Å²) in [7, 11) is 0. The standard InChI is InChI=1S/C16H12N4O3S/c1-10-4-6-11(7-5-10)14-17-13(23-19-14)9-20-16(21)22-15(18-20)12-3-2-8-24-12/h2-8H,9H2,1H3. The molecule has 24 heavy (non-hydrogen) atoms. The van der Waals surface area contributed by atoms with Crippen LogP contribution in [0.3, 0.4) is 0 Å². The van der Waals surface area contributed by atoms with Crippen molar-refractivity contribution in [2.24, 2.45) is 0 Å². The Labute approximate surface area is 140 Å². The summed E-state index contributed by atoms with van der Waals surface area (Å²) < 4.78 is 11.5. The average molecular weight is 340 g/mol. The Kier molecular flexibility index (Phi) is 3.58. The lowest BCUT2D eigenvalue weighted by atomic mass is 10.1. The van der Waals surface area contributed by atoms with Gasteiger partial charge in [-0.1, -0.05) is 41.1 Å². The number of aryl methyl sites for hydroxylation is 1. The van der Waals surface area contributed by atoms with Gasteiger partial charge in [0.2, 0.25) is 11.7 Å². The van der Waals surface area contributed by atoms with Crippen molar-refractivity contribution in [1.29, 1.82) is 0 Å². The van der Waals surface area contributed by atoms with Gasteiger partial charge in [-0.05, 0) is 18.4 Å². The van der Waals surface area contributed by atoms with Crippen LogP contribution in [-0.4, -0.2) is 19.9 Å². The number of aromatic nitrogens is 4. The lowest BCUT2D eigenvalue weighted by Crippen LogP contribution is -2.16. The van der Waals surface area contributed by atoms with Gasteiger partial charge in [0.05, 0.1) is 4.88 Å². The second-order valence-electron chi connectivity index (χ2n) is 5.19. The highest BCUT2D eigenvalue weighted by Gasteiger charge is 2.15. The van der Waals surface area contributed by atoms with Gasteiger partial charge in [-0.15, -0.1) is 16.4 Å². The summed E-state index contributed by atoms with van der Waals surface area (Å²) in [5, 5.41) is 9.99. The zero-order valence-electron chi connectivity index (χ0n) is 12.7. The molecule has 0 saturated carbocycles. The maximum atomic E-state index is 11.9. The fourth-order valence-corrected chi connectivity index (χ4v) is 2.82. The second-order valence-corrected chi connectivity index (χ2v) is 6.13. The summed E-state index contributed by atoms with van der Waals surface area (Å²) >= 11 is 1.45. The van der Waals surface area contributed by atoms with Crippen LogP contribution in [0.4, 0.5) is 0 Å². The SMILES string of the molecule is Cc1ccc(-c2noc(Cn3nc(-c4cccs4)oc3=O)n2)cc1. The van der Waals surface area contributed by atoms with Gasteiger partial charge in [0.25, 0.3) is 5.89 Å². The van der Waals surface area contributed by atoms with Crippen LogP contribution in [0.2, 0.25) is 0 Å². The van der Waals surface area contributed by atoms with Gasteiger partial charge in [0.15, 0.2) is 0 Å². The molecule has 0 aliphatic rings. The Morgan fingerprint density at radius 3 is 2.79 bits per heavy atom. The summed E-state index contributed by atoms with van der Waals surface area (Å²) in [4.78, 5) is 17.0. The van der Waals surface area contributed by atoms with Crippen molar-refractivity contribution in [1.82, 2.24) is 19.9 Å². The molecule has 0 bridgehead atoms. The van der Waals surface area contributed by atoms with E-state index in [0.29, 0.717) is 11.7 Å². The summed E-state index contributed by atoms with van der Waals surface area (Å²) in [5.41, 5.74) is 2.00. The van der Waals surface area contributed by atoms with Gasteiger partial charge in [-0.2, -0.15) is 9.67 Å². The van der Waals surface area contributed by atoms with E-state index in [9.17, 15) is 4.79 Å². The number of thiophene rings is 1. The van der Waals surface area contributed by atoms with E-state index in [-0.39, 0.29) is 12.4 Å². The average Bonchev–Trinajstić information content (AvgIpc) is 3.31. The van der Waals surface area contributed by atoms with Gasteiger partial charge in [0, 0.05) is 5.56 Å². The molecule has 0 fully saturated rings. The van der Waals surface area contributed by atoms with E-state index in [1.54, 1.807) is 0 Å². The molecular weight excluding hydrogens is 328 g/mol. The van der Waals surface area contributed by atoms with Crippen LogP contribution >= 0.6 is 11.3 Å². The number of benzene rings is 1. The molecule has 7 nitrogen and oxygen atoms in total. The topological polar surface area (TPSA) is 87.0 Å². The quantitative estimate of drug-likeness (QED) is 0.567. The van der Waals surface area contributed by atoms with Crippen LogP contribution in [-0.2, 0) is 6.54 Å². The maximum Gasteiger partial charge on any atom is 0.437 e. The molecule has 0 saturated heterocycles. The molecule has 0 aliphatic carbocycles. The van der Waals surface area contributed by atoms with Gasteiger partial charge < -0.3 is 8.94 Å². The highest BCUT2D eigenvalue weighted by molar-refractivity contribution is 7.13. The zero-order valence-corrected chi connectivity index (χ0v) is 13.5. The fourth-order valence-electron chi connectivity index (χ4n) is 2.17. The van der Waals surface area contributed by atoms with Gasteiger partial charge in [-0.25, -0.2) is 4.79 Å². The number of hydrogen-bond acceptors (Lipinski definition) is 7. The number of rotatable bonds is 4. The van der Waals surface area contributed by atoms with Crippen molar-refractivity contribution in [3.63, 3.8) is 0 Å². The minimum absolute atomic E-state index is 0.0621. The van der Waals surface area contributed by atoms with E-state index < -0.39 is 5.76 Å². The van der Waals surface area contributed by atoms with E-state index in [1.807, 2.05) is 48.7 Å². The molecule has 3 heterocycles. The Morgan fingerprint density at radius 1 is 1.21 bits per heavy atom. The molecule has 0 unspecified atom stereocenters. The minimum Gasteiger partial charge on any atom is -0.387 e. The molecular formula is C16H12N4O3S. The van der Waals surface area contributed by atoms with Crippen molar-refractivity contribution in [3.8, 4) is 22.2 Å². The van der Waals surface area contributed by atoms with Crippen molar-refractivity contribution in [2.45, 2.75) is 13.5 Å². The van der Waals surface area contributed by atoms with Gasteiger partial charge in [-0.3, -0.25) is 0 Å². The highest BCUT2D eigenvalue weighted by Crippen LogP contribution is 2.21. The Balaban J connectivity index is 1.58. The Morgan fingerprint density at radius 2 is 2.04 bits per heavy atom. The first-order chi connectivity index (χ1) is 11.7. The third-order valence-corrected chi connectivity index (χ3v) is 4.26. The fraction of sp³-hybridized carbons (Fsp3) is 0.125. The third-order valence-electron chi connectivity index (χ3n) is 3.40. The summed E-state index contributed by atoms with van der Waals surface area (Å²) in [6.45, 7) is 2.07. The molecule has 0 N–H and O–H groups in total. The predicted octanol–water partition coefficient (Wildman–Crippen LogP) is 2.97. The van der Waals surface area contributed by atoms with E-state index in [0.717, 1.165) is 16.0 Å². The van der Waals surface area contributed by atoms with Crippen molar-refractivity contribution in [2.75, 3.05) is 0 Å². The zero-order chi connectivity index (χ0) is 16.5. The van der Waals surface area contributed by atoms with Crippen LogP contribution in [0.5, 0.6) is 0 Å². The van der Waals surface area contributed by atoms with E-state index in [4.69, 9.17) is 8.94 Å². The largest absolute Gasteiger partial charge is 0.437 e. The second kappa shape index (κ2) is 5.89. The summed E-state index contributed by atoms with van der Waals surface area (Å²) in [6.07, 6.45) is 0. The first kappa shape index (κ1) is 14.6. The normalized spacial score (nSPS) is 11.0. The molecule has 8 heteroatoms. The minimum atomic E-state index is -0.562. The first-order valence-corrected chi connectivity index (χ1v) is 8.08. The molecule has 0 aliphatic heterocycles. The Hall–Kier alpha value is -3.00. The van der Waals surface area contributed by atoms with Crippen LogP contribution in [0.15, 0.2) is 55.5 Å². The lowest BCUT2D eigenvalue weighted by Gasteiger charge is -1.94. The van der Waals surface area contributed by atoms with Crippen LogP contribution < -0.4 is 5.76 Å². The molecule has 4 rings (SSSR count). The van der Waals surface area contributed by atoms with Gasteiger partial charge in [0.1, 0.15) is 6.54 Å². The first-order valence-electron chi connectivity index (χ1n) is 7.20. The van der Waals surface area contributed by atoms with Crippen molar-refractivity contribution < 1.29 is 8.94 Å². The smallest absolute Gasteiger partial charge is 0.387 e. The van der Waals surface area contributed by atoms with E-state index in [2.05, 4.69) is 15.2 Å². The number of hydrogen-bond donors (Lipinski definition) is 0. The lowest BCUT2D eigenvalue weighted by molar-refractivity contribution is 0.360. The number of nitrogens with zero attached hydrogens (tertiary/aromatic N) is 4. The predicted molar refractivity (Wildman–Crippen MR) is 87.6 cm³/mol. The van der Waals surface area contributed by atoms with Crippen molar-refractivity contribution in [3.05, 3.63) is 63.8 Å². The van der Waals surface area contributed by atoms with Crippen LogP contribution in [0, 0.1) is 6.92 Å². The van der Waals surface area contributed by atoms with Crippen LogP contribution in [0.1, 0.15) is 11.5 Å². The maximum absolute atomic E-state index is 11.9. The molecule has 0 amide bonds. The third kappa shape index (κ3) is 2.79. The molecule has 1 aromatic carbocycles. The molecule has 0 atom stereocenters. The molecule has 4 aromatic rings. The molecule has 3 aromatic heterocycles. The Bertz CT molecular complexity index is 1010. The molecule has 0 spiro atoms.